The lowest BCUT2D eigenvalue weighted by Crippen LogP contribution is -2.28. The average molecular weight is 294 g/mol. The minimum atomic E-state index is -0.380. The quantitative estimate of drug-likeness (QED) is 0.776. The van der Waals surface area contributed by atoms with Gasteiger partial charge in [-0.15, -0.1) is 5.10 Å². The van der Waals surface area contributed by atoms with Crippen LogP contribution in [0.2, 0.25) is 0 Å². The van der Waals surface area contributed by atoms with Crippen molar-refractivity contribution in [2.75, 3.05) is 26.2 Å². The molecule has 0 aromatic carbocycles. The van der Waals surface area contributed by atoms with Crippen molar-refractivity contribution in [2.45, 2.75) is 52.5 Å². The molecule has 1 aromatic heterocycles. The van der Waals surface area contributed by atoms with E-state index in [2.05, 4.69) is 36.0 Å². The summed E-state index contributed by atoms with van der Waals surface area (Å²) in [6.07, 6.45) is 2.55. The monoisotopic (exact) mass is 294 g/mol. The van der Waals surface area contributed by atoms with Gasteiger partial charge in [-0.1, -0.05) is 26.0 Å². The van der Waals surface area contributed by atoms with E-state index in [0.29, 0.717) is 12.3 Å². The highest BCUT2D eigenvalue weighted by Crippen LogP contribution is 2.25. The van der Waals surface area contributed by atoms with E-state index in [1.807, 2.05) is 4.68 Å². The van der Waals surface area contributed by atoms with Crippen LogP contribution in [-0.4, -0.2) is 52.1 Å². The molecule has 0 spiro atoms. The normalized spacial score (nSPS) is 16.4. The number of ether oxygens (including phenoxy) is 1. The van der Waals surface area contributed by atoms with Crippen LogP contribution in [-0.2, 0) is 16.7 Å². The molecule has 0 bridgehead atoms. The third-order valence-corrected chi connectivity index (χ3v) is 3.74. The molecule has 1 aliphatic rings. The molecule has 0 amide bonds. The lowest BCUT2D eigenvalue weighted by atomic mass is 9.90. The maximum Gasteiger partial charge on any atom is 0.360 e. The minimum absolute atomic E-state index is 0.198. The molecule has 1 fully saturated rings. The molecule has 1 aromatic rings. The maximum atomic E-state index is 12.0. The standard InChI is InChI=1S/C15H26N4O2/c1-5-21-14(20)12-13(15(2,3)4)19(17-16-12)11-10-18-8-6-7-9-18/h5-11H2,1-4H3. The number of carbonyl (C=O) groups is 1. The van der Waals surface area contributed by atoms with Gasteiger partial charge in [0, 0.05) is 12.0 Å². The number of likely N-dealkylation sites (tertiary alicyclic amines) is 1. The number of hydrogen-bond acceptors (Lipinski definition) is 5. The Balaban J connectivity index is 2.18. The van der Waals surface area contributed by atoms with Crippen LogP contribution in [0.1, 0.15) is 56.7 Å². The first kappa shape index (κ1) is 15.9. The zero-order valence-electron chi connectivity index (χ0n) is 13.6. The Morgan fingerprint density at radius 3 is 2.48 bits per heavy atom. The number of rotatable bonds is 5. The molecule has 0 unspecified atom stereocenters. The van der Waals surface area contributed by atoms with Crippen LogP contribution in [0.5, 0.6) is 0 Å². The summed E-state index contributed by atoms with van der Waals surface area (Å²) in [6, 6.07) is 0. The molecule has 118 valence electrons. The van der Waals surface area contributed by atoms with Crippen molar-refractivity contribution in [3.8, 4) is 0 Å². The Morgan fingerprint density at radius 1 is 1.24 bits per heavy atom. The topological polar surface area (TPSA) is 60.2 Å². The molecular weight excluding hydrogens is 268 g/mol. The van der Waals surface area contributed by atoms with Gasteiger partial charge in [0.1, 0.15) is 0 Å². The van der Waals surface area contributed by atoms with E-state index in [-0.39, 0.29) is 11.4 Å². The van der Waals surface area contributed by atoms with Crippen LogP contribution in [0.4, 0.5) is 0 Å². The van der Waals surface area contributed by atoms with E-state index in [1.54, 1.807) is 6.92 Å². The van der Waals surface area contributed by atoms with Gasteiger partial charge in [-0.2, -0.15) is 0 Å². The summed E-state index contributed by atoms with van der Waals surface area (Å²) < 4.78 is 6.96. The number of hydrogen-bond donors (Lipinski definition) is 0. The van der Waals surface area contributed by atoms with Gasteiger partial charge < -0.3 is 9.64 Å². The van der Waals surface area contributed by atoms with Crippen molar-refractivity contribution in [1.82, 2.24) is 19.9 Å². The Morgan fingerprint density at radius 2 is 1.90 bits per heavy atom. The van der Waals surface area contributed by atoms with Gasteiger partial charge in [-0.25, -0.2) is 9.48 Å². The van der Waals surface area contributed by atoms with Gasteiger partial charge in [0.15, 0.2) is 5.69 Å². The van der Waals surface area contributed by atoms with Crippen molar-refractivity contribution >= 4 is 5.97 Å². The van der Waals surface area contributed by atoms with Gasteiger partial charge in [0.05, 0.1) is 18.8 Å². The summed E-state index contributed by atoms with van der Waals surface area (Å²) in [5.41, 5.74) is 1.02. The Hall–Kier alpha value is -1.43. The third-order valence-electron chi connectivity index (χ3n) is 3.74. The SMILES string of the molecule is CCOC(=O)c1nnn(CCN2CCCC2)c1C(C)(C)C. The molecule has 21 heavy (non-hydrogen) atoms. The molecule has 0 radical (unpaired) electrons. The van der Waals surface area contributed by atoms with Crippen LogP contribution in [0.15, 0.2) is 0 Å². The number of aromatic nitrogens is 3. The summed E-state index contributed by atoms with van der Waals surface area (Å²) in [5, 5.41) is 8.25. The Kier molecular flexibility index (Phi) is 4.98. The highest BCUT2D eigenvalue weighted by molar-refractivity contribution is 5.88. The summed E-state index contributed by atoms with van der Waals surface area (Å²) >= 11 is 0. The molecule has 0 atom stereocenters. The highest BCUT2D eigenvalue weighted by atomic mass is 16.5. The van der Waals surface area contributed by atoms with Gasteiger partial charge in [0.25, 0.3) is 0 Å². The smallest absolute Gasteiger partial charge is 0.360 e. The van der Waals surface area contributed by atoms with E-state index in [9.17, 15) is 4.79 Å². The van der Waals surface area contributed by atoms with Crippen LogP contribution in [0.3, 0.4) is 0 Å². The molecule has 1 saturated heterocycles. The van der Waals surface area contributed by atoms with E-state index >= 15 is 0 Å². The predicted molar refractivity (Wildman–Crippen MR) is 80.4 cm³/mol. The van der Waals surface area contributed by atoms with Crippen LogP contribution >= 0.6 is 0 Å². The fourth-order valence-corrected chi connectivity index (χ4v) is 2.79. The molecule has 6 nitrogen and oxygen atoms in total. The second-order valence-electron chi connectivity index (χ2n) is 6.53. The van der Waals surface area contributed by atoms with E-state index in [4.69, 9.17) is 4.74 Å². The van der Waals surface area contributed by atoms with Crippen molar-refractivity contribution in [3.05, 3.63) is 11.4 Å². The number of nitrogens with zero attached hydrogens (tertiary/aromatic N) is 4. The number of esters is 1. The molecule has 2 rings (SSSR count). The summed E-state index contributed by atoms with van der Waals surface area (Å²) in [5.74, 6) is -0.380. The van der Waals surface area contributed by atoms with Crippen LogP contribution in [0, 0.1) is 0 Å². The summed E-state index contributed by atoms with van der Waals surface area (Å²) in [7, 11) is 0. The van der Waals surface area contributed by atoms with Crippen molar-refractivity contribution < 1.29 is 9.53 Å². The first-order chi connectivity index (χ1) is 9.93. The maximum absolute atomic E-state index is 12.0. The van der Waals surface area contributed by atoms with Gasteiger partial charge in [0.2, 0.25) is 0 Å². The lowest BCUT2D eigenvalue weighted by Gasteiger charge is -2.22. The Bertz CT molecular complexity index is 484. The van der Waals surface area contributed by atoms with Gasteiger partial charge in [-0.05, 0) is 32.9 Å². The second-order valence-corrected chi connectivity index (χ2v) is 6.53. The first-order valence-corrected chi connectivity index (χ1v) is 7.77. The first-order valence-electron chi connectivity index (χ1n) is 7.77. The molecule has 6 heteroatoms. The molecule has 1 aliphatic heterocycles. The molecular formula is C15H26N4O2. The van der Waals surface area contributed by atoms with E-state index < -0.39 is 0 Å². The molecule has 2 heterocycles. The highest BCUT2D eigenvalue weighted by Gasteiger charge is 2.30. The largest absolute Gasteiger partial charge is 0.461 e. The summed E-state index contributed by atoms with van der Waals surface area (Å²) in [4.78, 5) is 14.5. The van der Waals surface area contributed by atoms with Crippen molar-refractivity contribution in [2.24, 2.45) is 0 Å². The van der Waals surface area contributed by atoms with Gasteiger partial charge in [-0.3, -0.25) is 0 Å². The summed E-state index contributed by atoms with van der Waals surface area (Å²) in [6.45, 7) is 12.4. The third kappa shape index (κ3) is 3.81. The van der Waals surface area contributed by atoms with E-state index in [0.717, 1.165) is 31.9 Å². The van der Waals surface area contributed by atoms with Crippen LogP contribution < -0.4 is 0 Å². The molecule has 0 saturated carbocycles. The zero-order chi connectivity index (χ0) is 15.5. The molecule has 0 aliphatic carbocycles. The van der Waals surface area contributed by atoms with Crippen molar-refractivity contribution in [1.29, 1.82) is 0 Å². The fraction of sp³-hybridized carbons (Fsp3) is 0.800. The second kappa shape index (κ2) is 6.56. The Labute approximate surface area is 126 Å². The van der Waals surface area contributed by atoms with Crippen LogP contribution in [0.25, 0.3) is 0 Å². The average Bonchev–Trinajstić information content (AvgIpc) is 3.05. The lowest BCUT2D eigenvalue weighted by molar-refractivity contribution is 0.0516. The predicted octanol–water partition coefficient (Wildman–Crippen LogP) is 1.85. The number of carbonyl (C=O) groups excluding carboxylic acids is 1. The van der Waals surface area contributed by atoms with E-state index in [1.165, 1.54) is 12.8 Å². The molecule has 0 N–H and O–H groups in total. The van der Waals surface area contributed by atoms with Crippen molar-refractivity contribution in [3.63, 3.8) is 0 Å². The zero-order valence-corrected chi connectivity index (χ0v) is 13.6. The fourth-order valence-electron chi connectivity index (χ4n) is 2.79. The minimum Gasteiger partial charge on any atom is -0.461 e. The van der Waals surface area contributed by atoms with Gasteiger partial charge >= 0.3 is 5.97 Å².